The lowest BCUT2D eigenvalue weighted by molar-refractivity contribution is -0.212. The number of likely N-dealkylation sites (N-methyl/N-ethyl adjacent to an activating group) is 1. The molecule has 7 heteroatoms. The average Bonchev–Trinajstić information content (AvgIpc) is 3.22. The summed E-state index contributed by atoms with van der Waals surface area (Å²) in [5, 5.41) is 21.6. The van der Waals surface area contributed by atoms with E-state index in [1.54, 1.807) is 12.1 Å². The molecule has 1 fully saturated rings. The Kier molecular flexibility index (Phi) is 4.63. The van der Waals surface area contributed by atoms with Crippen LogP contribution in [0.15, 0.2) is 47.5 Å². The van der Waals surface area contributed by atoms with Crippen molar-refractivity contribution in [2.24, 2.45) is 4.99 Å². The molecule has 1 aromatic heterocycles. The monoisotopic (exact) mass is 365 g/mol. The van der Waals surface area contributed by atoms with Gasteiger partial charge in [-0.15, -0.1) is 0 Å². The maximum absolute atomic E-state index is 11.9. The second-order valence-electron chi connectivity index (χ2n) is 7.03. The molecule has 1 saturated heterocycles. The summed E-state index contributed by atoms with van der Waals surface area (Å²) in [6, 6.07) is 13.4. The largest absolute Gasteiger partial charge is 0.858 e. The van der Waals surface area contributed by atoms with E-state index in [1.165, 1.54) is 0 Å². The van der Waals surface area contributed by atoms with Gasteiger partial charge < -0.3 is 15.1 Å². The molecule has 1 N–H and O–H groups in total. The lowest BCUT2D eigenvalue weighted by atomic mass is 10.0. The molecular formula is C20H21N4O3-. The molecule has 0 spiro atoms. The Hall–Kier alpha value is -2.77. The van der Waals surface area contributed by atoms with E-state index >= 15 is 0 Å². The van der Waals surface area contributed by atoms with Crippen molar-refractivity contribution < 1.29 is 15.0 Å². The van der Waals surface area contributed by atoms with Crippen LogP contribution < -0.4 is 10.0 Å². The highest BCUT2D eigenvalue weighted by Crippen LogP contribution is 2.28. The number of amides is 1. The van der Waals surface area contributed by atoms with Gasteiger partial charge in [-0.2, -0.15) is 0 Å². The maximum Gasteiger partial charge on any atom is 0.295 e. The first-order valence-electron chi connectivity index (χ1n) is 9.02. The maximum atomic E-state index is 11.9. The molecule has 0 aliphatic carbocycles. The SMILES string of the molecule is CN(c1ccc2c(n1)C(=O)N=C2[O-])[C@H](CN1CCC(O)C1)c1ccccc1. The highest BCUT2D eigenvalue weighted by atomic mass is 16.3. The molecule has 2 aliphatic rings. The number of hydrogen-bond donors (Lipinski definition) is 1. The molecule has 0 saturated carbocycles. The lowest BCUT2D eigenvalue weighted by Gasteiger charge is -2.33. The lowest BCUT2D eigenvalue weighted by Crippen LogP contribution is -2.36. The van der Waals surface area contributed by atoms with Gasteiger partial charge in [0.2, 0.25) is 0 Å². The molecular weight excluding hydrogens is 344 g/mol. The molecule has 0 radical (unpaired) electrons. The van der Waals surface area contributed by atoms with Gasteiger partial charge in [-0.05, 0) is 24.1 Å². The van der Waals surface area contributed by atoms with Crippen LogP contribution in [0.5, 0.6) is 0 Å². The molecule has 2 atom stereocenters. The van der Waals surface area contributed by atoms with Gasteiger partial charge in [0.1, 0.15) is 11.5 Å². The predicted octanol–water partition coefficient (Wildman–Crippen LogP) is 0.586. The van der Waals surface area contributed by atoms with E-state index in [9.17, 15) is 15.0 Å². The van der Waals surface area contributed by atoms with Gasteiger partial charge in [-0.25, -0.2) is 9.98 Å². The second-order valence-corrected chi connectivity index (χ2v) is 7.03. The first-order chi connectivity index (χ1) is 13.0. The van der Waals surface area contributed by atoms with E-state index < -0.39 is 11.8 Å². The van der Waals surface area contributed by atoms with Crippen molar-refractivity contribution in [3.05, 3.63) is 59.3 Å². The number of carbonyl (C=O) groups is 1. The fourth-order valence-corrected chi connectivity index (χ4v) is 3.70. The van der Waals surface area contributed by atoms with Crippen LogP contribution in [0.4, 0.5) is 5.82 Å². The minimum Gasteiger partial charge on any atom is -0.858 e. The first-order valence-corrected chi connectivity index (χ1v) is 9.02. The van der Waals surface area contributed by atoms with E-state index in [0.29, 0.717) is 12.4 Å². The van der Waals surface area contributed by atoms with E-state index in [2.05, 4.69) is 27.0 Å². The van der Waals surface area contributed by atoms with E-state index in [0.717, 1.165) is 25.1 Å². The number of aliphatic hydroxyl groups is 1. The number of likely N-dealkylation sites (tertiary alicyclic amines) is 1. The van der Waals surface area contributed by atoms with E-state index in [4.69, 9.17) is 0 Å². The molecule has 7 nitrogen and oxygen atoms in total. The topological polar surface area (TPSA) is 92.1 Å². The quantitative estimate of drug-likeness (QED) is 0.834. The number of rotatable bonds is 5. The Labute approximate surface area is 157 Å². The third kappa shape index (κ3) is 3.43. The average molecular weight is 365 g/mol. The Morgan fingerprint density at radius 1 is 1.30 bits per heavy atom. The van der Waals surface area contributed by atoms with Crippen molar-refractivity contribution in [3.8, 4) is 0 Å². The molecule has 27 heavy (non-hydrogen) atoms. The molecule has 1 aromatic carbocycles. The highest BCUT2D eigenvalue weighted by Gasteiger charge is 2.28. The van der Waals surface area contributed by atoms with E-state index in [-0.39, 0.29) is 23.4 Å². The normalized spacial score (nSPS) is 20.4. The van der Waals surface area contributed by atoms with Crippen LogP contribution in [-0.2, 0) is 0 Å². The van der Waals surface area contributed by atoms with Crippen LogP contribution in [0.25, 0.3) is 0 Å². The zero-order valence-corrected chi connectivity index (χ0v) is 15.1. The number of aliphatic imine (C=N–C) groups is 1. The molecule has 1 amide bonds. The van der Waals surface area contributed by atoms with Gasteiger partial charge in [-0.3, -0.25) is 9.69 Å². The van der Waals surface area contributed by atoms with Gasteiger partial charge in [0.25, 0.3) is 5.91 Å². The molecule has 1 unspecified atom stereocenters. The molecule has 4 rings (SSSR count). The number of nitrogens with zero attached hydrogens (tertiary/aromatic N) is 4. The number of benzene rings is 1. The molecule has 2 aromatic rings. The zero-order chi connectivity index (χ0) is 19.0. The number of β-amino-alcohol motifs (C(OH)–C–C–N with tert-alkyl or cyclic N) is 1. The summed E-state index contributed by atoms with van der Waals surface area (Å²) >= 11 is 0. The van der Waals surface area contributed by atoms with Crippen LogP contribution >= 0.6 is 0 Å². The number of aromatic nitrogens is 1. The molecule has 3 heterocycles. The first kappa shape index (κ1) is 17.6. The third-order valence-electron chi connectivity index (χ3n) is 5.21. The number of pyridine rings is 1. The van der Waals surface area contributed by atoms with Crippen molar-refractivity contribution in [1.29, 1.82) is 0 Å². The molecule has 2 aliphatic heterocycles. The van der Waals surface area contributed by atoms with Gasteiger partial charge in [0.05, 0.1) is 12.1 Å². The fourth-order valence-electron chi connectivity index (χ4n) is 3.70. The van der Waals surface area contributed by atoms with E-state index in [1.807, 2.05) is 30.1 Å². The van der Waals surface area contributed by atoms with Crippen molar-refractivity contribution in [3.63, 3.8) is 0 Å². The van der Waals surface area contributed by atoms with Crippen molar-refractivity contribution in [1.82, 2.24) is 9.88 Å². The Morgan fingerprint density at radius 3 is 2.78 bits per heavy atom. The fraction of sp³-hybridized carbons (Fsp3) is 0.350. The second kappa shape index (κ2) is 7.09. The standard InChI is InChI=1S/C20H22N4O3/c1-23(17-8-7-15-18(21-17)20(27)22-19(15)26)16(13-5-3-2-4-6-13)12-24-10-9-14(25)11-24/h2-8,14,16,25H,9-12H2,1H3,(H,22,26,27)/p-1/t14?,16-/m1/s1. The van der Waals surface area contributed by atoms with Crippen molar-refractivity contribution in [2.75, 3.05) is 31.6 Å². The summed E-state index contributed by atoms with van der Waals surface area (Å²) in [6.07, 6.45) is 0.496. The van der Waals surface area contributed by atoms with Crippen molar-refractivity contribution in [2.45, 2.75) is 18.6 Å². The van der Waals surface area contributed by atoms with Crippen LogP contribution in [0.2, 0.25) is 0 Å². The smallest absolute Gasteiger partial charge is 0.295 e. The van der Waals surface area contributed by atoms with Crippen LogP contribution in [0.3, 0.4) is 0 Å². The summed E-state index contributed by atoms with van der Waals surface area (Å²) in [5.74, 6) is -0.493. The molecule has 140 valence electrons. The van der Waals surface area contributed by atoms with Crippen LogP contribution in [0, 0.1) is 0 Å². The van der Waals surface area contributed by atoms with Crippen molar-refractivity contribution >= 4 is 17.6 Å². The summed E-state index contributed by atoms with van der Waals surface area (Å²) in [7, 11) is 1.93. The van der Waals surface area contributed by atoms with Crippen LogP contribution in [0.1, 0.15) is 34.1 Å². The number of anilines is 1. The Morgan fingerprint density at radius 2 is 2.07 bits per heavy atom. The predicted molar refractivity (Wildman–Crippen MR) is 99.8 cm³/mol. The number of fused-ring (bicyclic) bond motifs is 1. The van der Waals surface area contributed by atoms with Crippen LogP contribution in [-0.4, -0.2) is 59.6 Å². The minimum absolute atomic E-state index is 0.00815. The Balaban J connectivity index is 1.64. The molecule has 0 bridgehead atoms. The number of carbonyl (C=O) groups excluding carboxylic acids is 1. The summed E-state index contributed by atoms with van der Waals surface area (Å²) in [5.41, 5.74) is 1.50. The number of aliphatic hydroxyl groups excluding tert-OH is 1. The zero-order valence-electron chi connectivity index (χ0n) is 15.1. The van der Waals surface area contributed by atoms with Gasteiger partial charge >= 0.3 is 0 Å². The third-order valence-corrected chi connectivity index (χ3v) is 5.21. The summed E-state index contributed by atoms with van der Waals surface area (Å²) in [6.45, 7) is 2.23. The van der Waals surface area contributed by atoms with Gasteiger partial charge in [-0.1, -0.05) is 30.3 Å². The summed E-state index contributed by atoms with van der Waals surface area (Å²) in [4.78, 5) is 24.0. The van der Waals surface area contributed by atoms with Gasteiger partial charge in [0.15, 0.2) is 0 Å². The highest BCUT2D eigenvalue weighted by molar-refractivity contribution is 6.16. The summed E-state index contributed by atoms with van der Waals surface area (Å²) < 4.78 is 0. The minimum atomic E-state index is -0.579. The Bertz CT molecular complexity index is 884. The number of hydrogen-bond acceptors (Lipinski definition) is 6. The van der Waals surface area contributed by atoms with Gasteiger partial charge in [0, 0.05) is 38.1 Å².